The Morgan fingerprint density at radius 3 is 2.55 bits per heavy atom. The zero-order chi connectivity index (χ0) is 8.48. The Morgan fingerprint density at radius 2 is 2.09 bits per heavy atom. The molecule has 11 heavy (non-hydrogen) atoms. The van der Waals surface area contributed by atoms with Gasteiger partial charge in [-0.2, -0.15) is 0 Å². The molecule has 1 rings (SSSR count). The Bertz CT molecular complexity index is 178. The zero-order valence-corrected chi connectivity index (χ0v) is 7.26. The highest BCUT2D eigenvalue weighted by Gasteiger charge is 2.32. The average molecular weight is 154 g/mol. The van der Waals surface area contributed by atoms with Crippen molar-refractivity contribution in [2.45, 2.75) is 45.2 Å². The van der Waals surface area contributed by atoms with Gasteiger partial charge in [-0.1, -0.05) is 5.92 Å². The maximum Gasteiger partial charge on any atom is 0.164 e. The Labute approximate surface area is 67.9 Å². The second kappa shape index (κ2) is 2.84. The van der Waals surface area contributed by atoms with Crippen LogP contribution in [0.3, 0.4) is 0 Å². The molecule has 0 N–H and O–H groups in total. The van der Waals surface area contributed by atoms with Gasteiger partial charge in [0.25, 0.3) is 0 Å². The van der Waals surface area contributed by atoms with Crippen LogP contribution in [0.2, 0.25) is 0 Å². The molecule has 1 aliphatic heterocycles. The van der Waals surface area contributed by atoms with E-state index in [4.69, 9.17) is 15.9 Å². The first-order valence-corrected chi connectivity index (χ1v) is 3.85. The number of hydrogen-bond acceptors (Lipinski definition) is 2. The fourth-order valence-electron chi connectivity index (χ4n) is 1.35. The van der Waals surface area contributed by atoms with Crippen LogP contribution in [0.1, 0.15) is 27.2 Å². The SMILES string of the molecule is C#C[C@H]1C[C@@H](C)OC(C)(C)O1. The van der Waals surface area contributed by atoms with E-state index >= 15 is 0 Å². The van der Waals surface area contributed by atoms with Gasteiger partial charge >= 0.3 is 0 Å². The van der Waals surface area contributed by atoms with Gasteiger partial charge in [0.2, 0.25) is 0 Å². The van der Waals surface area contributed by atoms with Crippen LogP contribution in [0.25, 0.3) is 0 Å². The van der Waals surface area contributed by atoms with E-state index in [1.165, 1.54) is 0 Å². The lowest BCUT2D eigenvalue weighted by molar-refractivity contribution is -0.284. The summed E-state index contributed by atoms with van der Waals surface area (Å²) in [6.45, 7) is 5.77. The molecule has 0 spiro atoms. The predicted octanol–water partition coefficient (Wildman–Crippen LogP) is 1.55. The van der Waals surface area contributed by atoms with E-state index in [2.05, 4.69) is 5.92 Å². The lowest BCUT2D eigenvalue weighted by atomic mass is 10.1. The Kier molecular flexibility index (Phi) is 2.22. The predicted molar refractivity (Wildman–Crippen MR) is 42.9 cm³/mol. The minimum absolute atomic E-state index is 0.0891. The highest BCUT2D eigenvalue weighted by Crippen LogP contribution is 2.25. The topological polar surface area (TPSA) is 18.5 Å². The van der Waals surface area contributed by atoms with Crippen LogP contribution in [-0.4, -0.2) is 18.0 Å². The van der Waals surface area contributed by atoms with E-state index in [9.17, 15) is 0 Å². The summed E-state index contributed by atoms with van der Waals surface area (Å²) in [6, 6.07) is 0. The normalized spacial score (nSPS) is 36.2. The molecule has 2 nitrogen and oxygen atoms in total. The van der Waals surface area contributed by atoms with E-state index in [0.717, 1.165) is 6.42 Å². The lowest BCUT2D eigenvalue weighted by Gasteiger charge is -2.37. The van der Waals surface area contributed by atoms with E-state index in [1.54, 1.807) is 0 Å². The molecule has 0 bridgehead atoms. The quantitative estimate of drug-likeness (QED) is 0.493. The maximum atomic E-state index is 5.49. The van der Waals surface area contributed by atoms with Crippen molar-refractivity contribution < 1.29 is 9.47 Å². The zero-order valence-electron chi connectivity index (χ0n) is 7.26. The monoisotopic (exact) mass is 154 g/mol. The first-order valence-electron chi connectivity index (χ1n) is 3.85. The van der Waals surface area contributed by atoms with Crippen LogP contribution < -0.4 is 0 Å². The van der Waals surface area contributed by atoms with Crippen LogP contribution in [0, 0.1) is 12.3 Å². The molecule has 0 aliphatic carbocycles. The van der Waals surface area contributed by atoms with Gasteiger partial charge in [-0.05, 0) is 20.8 Å². The van der Waals surface area contributed by atoms with Gasteiger partial charge in [-0.15, -0.1) is 6.42 Å². The molecule has 0 radical (unpaired) electrons. The Hall–Kier alpha value is -0.520. The van der Waals surface area contributed by atoms with Gasteiger partial charge in [0.05, 0.1) is 6.10 Å². The Morgan fingerprint density at radius 1 is 1.45 bits per heavy atom. The molecular weight excluding hydrogens is 140 g/mol. The van der Waals surface area contributed by atoms with Gasteiger partial charge in [0, 0.05) is 6.42 Å². The van der Waals surface area contributed by atoms with Crippen LogP contribution in [-0.2, 0) is 9.47 Å². The number of hydrogen-bond donors (Lipinski definition) is 0. The minimum Gasteiger partial charge on any atom is -0.347 e. The maximum absolute atomic E-state index is 5.49. The van der Waals surface area contributed by atoms with Crippen molar-refractivity contribution in [1.29, 1.82) is 0 Å². The van der Waals surface area contributed by atoms with Crippen molar-refractivity contribution in [2.75, 3.05) is 0 Å². The van der Waals surface area contributed by atoms with Gasteiger partial charge < -0.3 is 9.47 Å². The largest absolute Gasteiger partial charge is 0.347 e. The number of rotatable bonds is 0. The summed E-state index contributed by atoms with van der Waals surface area (Å²) in [4.78, 5) is 0. The van der Waals surface area contributed by atoms with E-state index < -0.39 is 5.79 Å². The number of ether oxygens (including phenoxy) is 2. The smallest absolute Gasteiger partial charge is 0.164 e. The number of terminal acetylenes is 1. The molecule has 0 aromatic rings. The molecule has 62 valence electrons. The summed E-state index contributed by atoms with van der Waals surface area (Å²) in [5.41, 5.74) is 0. The molecule has 2 atom stereocenters. The summed E-state index contributed by atoms with van der Waals surface area (Å²) in [7, 11) is 0. The first-order chi connectivity index (χ1) is 5.03. The molecule has 1 fully saturated rings. The van der Waals surface area contributed by atoms with Gasteiger partial charge in [-0.25, -0.2) is 0 Å². The van der Waals surface area contributed by atoms with Gasteiger partial charge in [-0.3, -0.25) is 0 Å². The van der Waals surface area contributed by atoms with Crippen molar-refractivity contribution in [3.8, 4) is 12.3 Å². The summed E-state index contributed by atoms with van der Waals surface area (Å²) >= 11 is 0. The Balaban J connectivity index is 2.60. The molecule has 2 heteroatoms. The summed E-state index contributed by atoms with van der Waals surface area (Å²) < 4.78 is 10.9. The second-order valence-electron chi connectivity index (χ2n) is 3.34. The van der Waals surface area contributed by atoms with E-state index in [-0.39, 0.29) is 12.2 Å². The van der Waals surface area contributed by atoms with Crippen LogP contribution in [0.4, 0.5) is 0 Å². The molecule has 0 unspecified atom stereocenters. The van der Waals surface area contributed by atoms with Crippen molar-refractivity contribution in [3.05, 3.63) is 0 Å². The van der Waals surface area contributed by atoms with Gasteiger partial charge in [0.1, 0.15) is 6.10 Å². The highest BCUT2D eigenvalue weighted by atomic mass is 16.7. The average Bonchev–Trinajstić information content (AvgIpc) is 1.83. The second-order valence-corrected chi connectivity index (χ2v) is 3.34. The third-order valence-corrected chi connectivity index (χ3v) is 1.64. The van der Waals surface area contributed by atoms with Crippen LogP contribution in [0.5, 0.6) is 0 Å². The molecule has 0 aromatic heterocycles. The van der Waals surface area contributed by atoms with Crippen molar-refractivity contribution in [2.24, 2.45) is 0 Å². The van der Waals surface area contributed by atoms with E-state index in [0.29, 0.717) is 0 Å². The molecule has 0 amide bonds. The van der Waals surface area contributed by atoms with Crippen LogP contribution in [0.15, 0.2) is 0 Å². The lowest BCUT2D eigenvalue weighted by Crippen LogP contribution is -2.42. The fraction of sp³-hybridized carbons (Fsp3) is 0.778. The summed E-state index contributed by atoms with van der Waals surface area (Å²) in [5, 5.41) is 0. The highest BCUT2D eigenvalue weighted by molar-refractivity contribution is 4.97. The molecule has 0 saturated carbocycles. The third-order valence-electron chi connectivity index (χ3n) is 1.64. The summed E-state index contributed by atoms with van der Waals surface area (Å²) in [5.74, 6) is 2.07. The third kappa shape index (κ3) is 2.21. The molecule has 0 aromatic carbocycles. The molecule has 1 heterocycles. The van der Waals surface area contributed by atoms with Crippen molar-refractivity contribution in [3.63, 3.8) is 0 Å². The van der Waals surface area contributed by atoms with E-state index in [1.807, 2.05) is 20.8 Å². The summed E-state index contributed by atoms with van der Waals surface area (Å²) in [6.07, 6.45) is 6.15. The first kappa shape index (κ1) is 8.58. The van der Waals surface area contributed by atoms with Crippen LogP contribution >= 0.6 is 0 Å². The molecule has 1 aliphatic rings. The van der Waals surface area contributed by atoms with Crippen molar-refractivity contribution >= 4 is 0 Å². The molecular formula is C9H14O2. The van der Waals surface area contributed by atoms with Crippen molar-refractivity contribution in [1.82, 2.24) is 0 Å². The van der Waals surface area contributed by atoms with Gasteiger partial charge in [0.15, 0.2) is 5.79 Å². The molecule has 1 saturated heterocycles. The standard InChI is InChI=1S/C9H14O2/c1-5-8-6-7(2)10-9(3,4)11-8/h1,7-8H,6H2,2-4H3/t7-,8+/m1/s1. The minimum atomic E-state index is -0.519. The fourth-order valence-corrected chi connectivity index (χ4v) is 1.35.